The largest absolute Gasteiger partial charge is 0.468 e. The molecule has 1 fully saturated rings. The fraction of sp³-hybridized carbons (Fsp3) is 0.615. The Hall–Kier alpha value is -1.52. The summed E-state index contributed by atoms with van der Waals surface area (Å²) in [5, 5.41) is -0.485. The first-order chi connectivity index (χ1) is 9.51. The van der Waals surface area contributed by atoms with Crippen LogP contribution in [-0.4, -0.2) is 53.4 Å². The Morgan fingerprint density at radius 3 is 2.85 bits per heavy atom. The minimum atomic E-state index is -0.790. The number of esters is 1. The van der Waals surface area contributed by atoms with Crippen LogP contribution in [0.25, 0.3) is 0 Å². The van der Waals surface area contributed by atoms with E-state index in [1.54, 1.807) is 0 Å². The topological polar surface area (TPSA) is 89.7 Å². The summed E-state index contributed by atoms with van der Waals surface area (Å²) in [4.78, 5) is 36.1. The van der Waals surface area contributed by atoms with Crippen molar-refractivity contribution in [3.05, 3.63) is 0 Å². The molecule has 0 saturated carbocycles. The molecule has 1 rings (SSSR count). The van der Waals surface area contributed by atoms with Crippen LogP contribution in [0.5, 0.6) is 0 Å². The van der Waals surface area contributed by atoms with Gasteiger partial charge in [-0.15, -0.1) is 17.7 Å². The molecule has 110 valence electrons. The van der Waals surface area contributed by atoms with Gasteiger partial charge in [0.15, 0.2) is 0 Å². The van der Waals surface area contributed by atoms with Crippen LogP contribution < -0.4 is 5.73 Å². The number of amides is 2. The van der Waals surface area contributed by atoms with Crippen LogP contribution in [0.15, 0.2) is 0 Å². The quantitative estimate of drug-likeness (QED) is 0.428. The fourth-order valence-electron chi connectivity index (χ4n) is 1.65. The third kappa shape index (κ3) is 4.25. The van der Waals surface area contributed by atoms with Crippen LogP contribution in [0.4, 0.5) is 0 Å². The predicted molar refractivity (Wildman–Crippen MR) is 75.6 cm³/mol. The second-order valence-corrected chi connectivity index (χ2v) is 5.42. The van der Waals surface area contributed by atoms with Crippen LogP contribution in [0, 0.1) is 11.8 Å². The maximum atomic E-state index is 12.0. The van der Waals surface area contributed by atoms with Gasteiger partial charge in [0, 0.05) is 18.6 Å². The van der Waals surface area contributed by atoms with Crippen molar-refractivity contribution in [2.45, 2.75) is 31.1 Å². The van der Waals surface area contributed by atoms with Gasteiger partial charge in [-0.2, -0.15) is 0 Å². The predicted octanol–water partition coefficient (Wildman–Crippen LogP) is -0.239. The van der Waals surface area contributed by atoms with Gasteiger partial charge in [-0.3, -0.25) is 19.3 Å². The lowest BCUT2D eigenvalue weighted by atomic mass is 10.3. The van der Waals surface area contributed by atoms with Crippen LogP contribution >= 0.6 is 11.8 Å². The standard InChI is InChI=1S/C13H18N2O4S/c1-3-4-5-6-15-11(16)7-10(12(15)17)20-8-9(14)13(18)19-2/h9-10H,3,6-8,14H2,1-2H3/t9-,10?/m0/s1. The molecule has 0 radical (unpaired) electrons. The van der Waals surface area contributed by atoms with Crippen molar-refractivity contribution >= 4 is 29.5 Å². The zero-order valence-corrected chi connectivity index (χ0v) is 12.4. The van der Waals surface area contributed by atoms with E-state index in [0.29, 0.717) is 6.42 Å². The molecular formula is C13H18N2O4S. The Morgan fingerprint density at radius 1 is 1.55 bits per heavy atom. The zero-order valence-electron chi connectivity index (χ0n) is 11.5. The van der Waals surface area contributed by atoms with Gasteiger partial charge >= 0.3 is 5.97 Å². The monoisotopic (exact) mass is 298 g/mol. The normalized spacial score (nSPS) is 19.6. The molecule has 2 amide bonds. The van der Waals surface area contributed by atoms with Crippen molar-refractivity contribution in [1.29, 1.82) is 0 Å². The summed E-state index contributed by atoms with van der Waals surface area (Å²) in [5.74, 6) is 4.82. The van der Waals surface area contributed by atoms with Gasteiger partial charge in [-0.05, 0) is 0 Å². The molecule has 1 unspecified atom stereocenters. The summed E-state index contributed by atoms with van der Waals surface area (Å²) in [6, 6.07) is -0.790. The minimum absolute atomic E-state index is 0.130. The molecule has 2 atom stereocenters. The number of likely N-dealkylation sites (tertiary alicyclic amines) is 1. The van der Waals surface area contributed by atoms with Gasteiger partial charge in [0.1, 0.15) is 6.04 Å². The molecule has 1 heterocycles. The lowest BCUT2D eigenvalue weighted by Crippen LogP contribution is -2.36. The first-order valence-corrected chi connectivity index (χ1v) is 7.31. The highest BCUT2D eigenvalue weighted by Gasteiger charge is 2.38. The number of ether oxygens (including phenoxy) is 1. The van der Waals surface area contributed by atoms with E-state index in [0.717, 1.165) is 4.90 Å². The highest BCUT2D eigenvalue weighted by atomic mass is 32.2. The summed E-state index contributed by atoms with van der Waals surface area (Å²) in [5.41, 5.74) is 5.59. The average molecular weight is 298 g/mol. The van der Waals surface area contributed by atoms with Gasteiger partial charge in [-0.1, -0.05) is 12.8 Å². The highest BCUT2D eigenvalue weighted by Crippen LogP contribution is 2.25. The molecule has 6 nitrogen and oxygen atoms in total. The maximum absolute atomic E-state index is 12.0. The minimum Gasteiger partial charge on any atom is -0.468 e. The summed E-state index contributed by atoms with van der Waals surface area (Å²) in [7, 11) is 1.26. The summed E-state index contributed by atoms with van der Waals surface area (Å²) < 4.78 is 4.50. The molecule has 0 aliphatic carbocycles. The third-order valence-electron chi connectivity index (χ3n) is 2.72. The number of carbonyl (C=O) groups is 3. The van der Waals surface area contributed by atoms with E-state index in [1.807, 2.05) is 6.92 Å². The van der Waals surface area contributed by atoms with Gasteiger partial charge in [0.25, 0.3) is 0 Å². The number of methoxy groups -OCH3 is 1. The van der Waals surface area contributed by atoms with Gasteiger partial charge in [0.05, 0.1) is 18.9 Å². The first-order valence-electron chi connectivity index (χ1n) is 6.26. The van der Waals surface area contributed by atoms with Crippen molar-refractivity contribution in [1.82, 2.24) is 4.90 Å². The van der Waals surface area contributed by atoms with Crippen LogP contribution in [0.2, 0.25) is 0 Å². The van der Waals surface area contributed by atoms with E-state index < -0.39 is 17.3 Å². The number of hydrogen-bond acceptors (Lipinski definition) is 6. The highest BCUT2D eigenvalue weighted by molar-refractivity contribution is 8.00. The molecule has 0 bridgehead atoms. The molecular weight excluding hydrogens is 280 g/mol. The number of nitrogens with two attached hydrogens (primary N) is 1. The summed E-state index contributed by atoms with van der Waals surface area (Å²) in [6.45, 7) is 2.03. The Morgan fingerprint density at radius 2 is 2.25 bits per heavy atom. The van der Waals surface area contributed by atoms with E-state index in [9.17, 15) is 14.4 Å². The molecule has 20 heavy (non-hydrogen) atoms. The van der Waals surface area contributed by atoms with Crippen molar-refractivity contribution in [3.8, 4) is 11.8 Å². The number of imide groups is 1. The van der Waals surface area contributed by atoms with E-state index >= 15 is 0 Å². The number of hydrogen-bond donors (Lipinski definition) is 1. The van der Waals surface area contributed by atoms with Crippen LogP contribution in [-0.2, 0) is 19.1 Å². The van der Waals surface area contributed by atoms with E-state index in [1.165, 1.54) is 18.9 Å². The van der Waals surface area contributed by atoms with E-state index in [-0.39, 0.29) is 30.5 Å². The molecule has 0 aromatic carbocycles. The molecule has 0 aromatic rings. The van der Waals surface area contributed by atoms with Crippen molar-refractivity contribution < 1.29 is 19.1 Å². The van der Waals surface area contributed by atoms with Crippen molar-refractivity contribution in [3.63, 3.8) is 0 Å². The number of nitrogens with zero attached hydrogens (tertiary/aromatic N) is 1. The van der Waals surface area contributed by atoms with Crippen LogP contribution in [0.1, 0.15) is 19.8 Å². The Labute approximate surface area is 122 Å². The Balaban J connectivity index is 2.51. The van der Waals surface area contributed by atoms with E-state index in [2.05, 4.69) is 16.6 Å². The van der Waals surface area contributed by atoms with Crippen molar-refractivity contribution in [2.24, 2.45) is 5.73 Å². The Kier molecular flexibility index (Phi) is 6.55. The van der Waals surface area contributed by atoms with Gasteiger partial charge in [-0.25, -0.2) is 0 Å². The van der Waals surface area contributed by atoms with Crippen molar-refractivity contribution in [2.75, 3.05) is 19.4 Å². The lowest BCUT2D eigenvalue weighted by molar-refractivity contribution is -0.141. The summed E-state index contributed by atoms with van der Waals surface area (Å²) >= 11 is 1.20. The molecule has 0 aromatic heterocycles. The number of carbonyl (C=O) groups excluding carboxylic acids is 3. The second-order valence-electron chi connectivity index (χ2n) is 4.18. The van der Waals surface area contributed by atoms with Crippen LogP contribution in [0.3, 0.4) is 0 Å². The van der Waals surface area contributed by atoms with Gasteiger partial charge < -0.3 is 10.5 Å². The molecule has 7 heteroatoms. The number of rotatable bonds is 5. The molecule has 1 aliphatic heterocycles. The Bertz CT molecular complexity index is 455. The zero-order chi connectivity index (χ0) is 15.1. The molecule has 1 aliphatic rings. The van der Waals surface area contributed by atoms with Gasteiger partial charge in [0.2, 0.25) is 11.8 Å². The van der Waals surface area contributed by atoms with E-state index in [4.69, 9.17) is 5.73 Å². The fourth-order valence-corrected chi connectivity index (χ4v) is 2.75. The number of thioether (sulfide) groups is 1. The third-order valence-corrected chi connectivity index (χ3v) is 4.04. The lowest BCUT2D eigenvalue weighted by Gasteiger charge is -2.13. The summed E-state index contributed by atoms with van der Waals surface area (Å²) in [6.07, 6.45) is 0.813. The molecule has 1 saturated heterocycles. The molecule has 0 spiro atoms. The average Bonchev–Trinajstić information content (AvgIpc) is 2.71. The second kappa shape index (κ2) is 7.92. The maximum Gasteiger partial charge on any atom is 0.323 e. The SMILES string of the molecule is CCC#CCN1C(=O)CC(SC[C@H](N)C(=O)OC)C1=O. The first kappa shape index (κ1) is 16.5. The molecule has 2 N–H and O–H groups in total. The smallest absolute Gasteiger partial charge is 0.323 e.